The minimum atomic E-state index is -0.131. The molecule has 0 aliphatic heterocycles. The number of rotatable bonds is 5. The largest absolute Gasteiger partial charge is 0.493 e. The van der Waals surface area contributed by atoms with Crippen LogP contribution in [0.1, 0.15) is 29.5 Å². The summed E-state index contributed by atoms with van der Waals surface area (Å²) in [6.45, 7) is 0. The summed E-state index contributed by atoms with van der Waals surface area (Å²) in [4.78, 5) is 12.3. The molecule has 1 aliphatic rings. The van der Waals surface area contributed by atoms with Gasteiger partial charge in [-0.05, 0) is 66.6 Å². The maximum Gasteiger partial charge on any atom is 0.248 e. The van der Waals surface area contributed by atoms with Gasteiger partial charge in [0.2, 0.25) is 5.91 Å². The molecule has 1 amide bonds. The molecule has 0 atom stereocenters. The molecule has 0 spiro atoms. The number of fused-ring (bicyclic) bond motifs is 1. The molecule has 0 radical (unpaired) electrons. The highest BCUT2D eigenvalue weighted by molar-refractivity contribution is 6.02. The van der Waals surface area contributed by atoms with Crippen LogP contribution in [-0.2, 0) is 17.6 Å². The quantitative estimate of drug-likeness (QED) is 0.831. The average Bonchev–Trinajstić information content (AvgIpc) is 2.66. The van der Waals surface area contributed by atoms with E-state index in [1.165, 1.54) is 24.0 Å². The zero-order valence-corrected chi connectivity index (χ0v) is 14.7. The Morgan fingerprint density at radius 1 is 1.04 bits per heavy atom. The molecule has 0 heterocycles. The lowest BCUT2D eigenvalue weighted by Crippen LogP contribution is -2.13. The van der Waals surface area contributed by atoms with Crippen LogP contribution < -0.4 is 14.8 Å². The smallest absolute Gasteiger partial charge is 0.248 e. The first-order valence-electron chi connectivity index (χ1n) is 8.53. The van der Waals surface area contributed by atoms with Gasteiger partial charge in [0, 0.05) is 11.8 Å². The van der Waals surface area contributed by atoms with Gasteiger partial charge in [-0.1, -0.05) is 18.2 Å². The van der Waals surface area contributed by atoms with Crippen molar-refractivity contribution >= 4 is 17.7 Å². The fourth-order valence-electron chi connectivity index (χ4n) is 3.20. The van der Waals surface area contributed by atoms with E-state index in [2.05, 4.69) is 11.4 Å². The lowest BCUT2D eigenvalue weighted by molar-refractivity contribution is -0.111. The van der Waals surface area contributed by atoms with E-state index in [1.54, 1.807) is 26.4 Å². The van der Waals surface area contributed by atoms with Crippen molar-refractivity contribution < 1.29 is 14.3 Å². The molecule has 0 unspecified atom stereocenters. The maximum atomic E-state index is 12.3. The molecule has 3 rings (SSSR count). The van der Waals surface area contributed by atoms with Gasteiger partial charge in [0.15, 0.2) is 11.5 Å². The second kappa shape index (κ2) is 7.88. The molecule has 25 heavy (non-hydrogen) atoms. The molecule has 2 aromatic rings. The molecular weight excluding hydrogens is 314 g/mol. The summed E-state index contributed by atoms with van der Waals surface area (Å²) in [7, 11) is 3.19. The molecule has 0 saturated carbocycles. The first-order valence-corrected chi connectivity index (χ1v) is 8.53. The number of carbonyl (C=O) groups is 1. The van der Waals surface area contributed by atoms with Crippen LogP contribution in [0, 0.1) is 0 Å². The van der Waals surface area contributed by atoms with Crippen molar-refractivity contribution in [3.05, 3.63) is 59.2 Å². The van der Waals surface area contributed by atoms with E-state index >= 15 is 0 Å². The Bertz CT molecular complexity index is 796. The van der Waals surface area contributed by atoms with E-state index in [0.29, 0.717) is 11.5 Å². The van der Waals surface area contributed by atoms with Gasteiger partial charge in [0.25, 0.3) is 0 Å². The molecule has 4 nitrogen and oxygen atoms in total. The SMILES string of the molecule is COc1ccc(C=CC(=O)Nc2cccc3c2CCCC3)cc1OC. The number of hydrogen-bond acceptors (Lipinski definition) is 3. The van der Waals surface area contributed by atoms with Gasteiger partial charge in [-0.15, -0.1) is 0 Å². The maximum absolute atomic E-state index is 12.3. The Hall–Kier alpha value is -2.75. The Labute approximate surface area is 148 Å². The van der Waals surface area contributed by atoms with Gasteiger partial charge in [-0.25, -0.2) is 0 Å². The van der Waals surface area contributed by atoms with Crippen LogP contribution in [0.2, 0.25) is 0 Å². The van der Waals surface area contributed by atoms with Crippen molar-refractivity contribution in [1.29, 1.82) is 0 Å². The summed E-state index contributed by atoms with van der Waals surface area (Å²) in [5, 5.41) is 3.01. The third kappa shape index (κ3) is 4.02. The summed E-state index contributed by atoms with van der Waals surface area (Å²) in [6, 6.07) is 11.7. The minimum Gasteiger partial charge on any atom is -0.493 e. The third-order valence-electron chi connectivity index (χ3n) is 4.49. The normalized spacial score (nSPS) is 13.4. The number of amides is 1. The Morgan fingerprint density at radius 2 is 1.84 bits per heavy atom. The van der Waals surface area contributed by atoms with Gasteiger partial charge >= 0.3 is 0 Å². The molecule has 0 fully saturated rings. The monoisotopic (exact) mass is 337 g/mol. The van der Waals surface area contributed by atoms with E-state index in [0.717, 1.165) is 24.1 Å². The zero-order chi connectivity index (χ0) is 17.6. The molecule has 0 bridgehead atoms. The first kappa shape index (κ1) is 17.1. The number of benzene rings is 2. The van der Waals surface area contributed by atoms with Crippen LogP contribution in [-0.4, -0.2) is 20.1 Å². The number of hydrogen-bond donors (Lipinski definition) is 1. The van der Waals surface area contributed by atoms with Crippen molar-refractivity contribution in [1.82, 2.24) is 0 Å². The Morgan fingerprint density at radius 3 is 2.64 bits per heavy atom. The molecule has 1 aliphatic carbocycles. The molecule has 2 aromatic carbocycles. The molecule has 130 valence electrons. The first-order chi connectivity index (χ1) is 12.2. The lowest BCUT2D eigenvalue weighted by Gasteiger charge is -2.19. The summed E-state index contributed by atoms with van der Waals surface area (Å²) < 4.78 is 10.5. The number of nitrogens with one attached hydrogen (secondary N) is 1. The van der Waals surface area contributed by atoms with E-state index in [9.17, 15) is 4.79 Å². The van der Waals surface area contributed by atoms with Gasteiger partial charge < -0.3 is 14.8 Å². The molecule has 0 aromatic heterocycles. The average molecular weight is 337 g/mol. The van der Waals surface area contributed by atoms with Crippen LogP contribution in [0.4, 0.5) is 5.69 Å². The number of aryl methyl sites for hydroxylation is 1. The Kier molecular flexibility index (Phi) is 5.39. The van der Waals surface area contributed by atoms with Gasteiger partial charge in [0.05, 0.1) is 14.2 Å². The number of carbonyl (C=O) groups excluding carboxylic acids is 1. The van der Waals surface area contributed by atoms with E-state index in [1.807, 2.05) is 30.3 Å². The highest BCUT2D eigenvalue weighted by atomic mass is 16.5. The van der Waals surface area contributed by atoms with Crippen molar-refractivity contribution in [2.75, 3.05) is 19.5 Å². The predicted molar refractivity (Wildman–Crippen MR) is 100 cm³/mol. The van der Waals surface area contributed by atoms with Gasteiger partial charge in [0.1, 0.15) is 0 Å². The zero-order valence-electron chi connectivity index (χ0n) is 14.7. The van der Waals surface area contributed by atoms with Crippen molar-refractivity contribution in [3.63, 3.8) is 0 Å². The summed E-state index contributed by atoms with van der Waals surface area (Å²) in [5.74, 6) is 1.18. The van der Waals surface area contributed by atoms with Crippen molar-refractivity contribution in [2.24, 2.45) is 0 Å². The van der Waals surface area contributed by atoms with Crippen molar-refractivity contribution in [2.45, 2.75) is 25.7 Å². The second-order valence-electron chi connectivity index (χ2n) is 6.09. The van der Waals surface area contributed by atoms with Crippen LogP contribution in [0.3, 0.4) is 0 Å². The van der Waals surface area contributed by atoms with Gasteiger partial charge in [-0.2, -0.15) is 0 Å². The highest BCUT2D eigenvalue weighted by Crippen LogP contribution is 2.29. The topological polar surface area (TPSA) is 47.6 Å². The fourth-order valence-corrected chi connectivity index (χ4v) is 3.20. The van der Waals surface area contributed by atoms with Crippen LogP contribution in [0.25, 0.3) is 6.08 Å². The van der Waals surface area contributed by atoms with Crippen LogP contribution >= 0.6 is 0 Å². The number of anilines is 1. The second-order valence-corrected chi connectivity index (χ2v) is 6.09. The fraction of sp³-hybridized carbons (Fsp3) is 0.286. The lowest BCUT2D eigenvalue weighted by atomic mass is 9.90. The Balaban J connectivity index is 1.72. The van der Waals surface area contributed by atoms with E-state index in [4.69, 9.17) is 9.47 Å². The molecular formula is C21H23NO3. The van der Waals surface area contributed by atoms with E-state index < -0.39 is 0 Å². The molecule has 4 heteroatoms. The van der Waals surface area contributed by atoms with Crippen LogP contribution in [0.15, 0.2) is 42.5 Å². The van der Waals surface area contributed by atoms with E-state index in [-0.39, 0.29) is 5.91 Å². The summed E-state index contributed by atoms with van der Waals surface area (Å²) in [5.41, 5.74) is 4.44. The number of ether oxygens (including phenoxy) is 2. The van der Waals surface area contributed by atoms with Crippen molar-refractivity contribution in [3.8, 4) is 11.5 Å². The number of methoxy groups -OCH3 is 2. The summed E-state index contributed by atoms with van der Waals surface area (Å²) >= 11 is 0. The molecule has 0 saturated heterocycles. The predicted octanol–water partition coefficient (Wildman–Crippen LogP) is 4.23. The van der Waals surface area contributed by atoms with Crippen LogP contribution in [0.5, 0.6) is 11.5 Å². The van der Waals surface area contributed by atoms with Gasteiger partial charge in [-0.3, -0.25) is 4.79 Å². The molecule has 1 N–H and O–H groups in total. The third-order valence-corrected chi connectivity index (χ3v) is 4.49. The standard InChI is InChI=1S/C21H23NO3/c1-24-19-12-10-15(14-20(19)25-2)11-13-21(23)22-18-9-5-7-16-6-3-4-8-17(16)18/h5,7,9-14H,3-4,6,8H2,1-2H3,(H,22,23). The minimum absolute atomic E-state index is 0.131. The highest BCUT2D eigenvalue weighted by Gasteiger charge is 2.13. The summed E-state index contributed by atoms with van der Waals surface area (Å²) in [6.07, 6.45) is 7.85.